The Labute approximate surface area is 125 Å². The standard InChI is InChI=1S/C14H16ClF3N2O/c15-11-6-8(5-10(13(11)19)14(16,17)18)12(21)7-20-9-3-1-2-4-9/h5-6,9,20H,1-4,7,19H2. The summed E-state index contributed by atoms with van der Waals surface area (Å²) >= 11 is 5.70. The van der Waals surface area contributed by atoms with E-state index in [9.17, 15) is 18.0 Å². The quantitative estimate of drug-likeness (QED) is 0.657. The Kier molecular flexibility index (Phi) is 4.78. The number of anilines is 1. The Balaban J connectivity index is 2.15. The van der Waals surface area contributed by atoms with Crippen molar-refractivity contribution < 1.29 is 18.0 Å². The summed E-state index contributed by atoms with van der Waals surface area (Å²) in [5.74, 6) is -0.422. The SMILES string of the molecule is Nc1c(Cl)cc(C(=O)CNC2CCCC2)cc1C(F)(F)F. The van der Waals surface area contributed by atoms with Crippen molar-refractivity contribution in [2.45, 2.75) is 37.9 Å². The summed E-state index contributed by atoms with van der Waals surface area (Å²) in [5, 5.41) is 2.81. The number of ketones is 1. The van der Waals surface area contributed by atoms with Gasteiger partial charge in [-0.25, -0.2) is 0 Å². The molecule has 0 spiro atoms. The van der Waals surface area contributed by atoms with Gasteiger partial charge in [0.1, 0.15) is 0 Å². The van der Waals surface area contributed by atoms with Crippen molar-refractivity contribution in [1.29, 1.82) is 0 Å². The first-order valence-electron chi connectivity index (χ1n) is 6.72. The highest BCUT2D eigenvalue weighted by molar-refractivity contribution is 6.33. The molecule has 2 rings (SSSR count). The van der Waals surface area contributed by atoms with Crippen LogP contribution >= 0.6 is 11.6 Å². The van der Waals surface area contributed by atoms with Crippen LogP contribution < -0.4 is 11.1 Å². The fraction of sp³-hybridized carbons (Fsp3) is 0.500. The lowest BCUT2D eigenvalue weighted by Gasteiger charge is -2.14. The molecule has 0 aliphatic heterocycles. The van der Waals surface area contributed by atoms with Crippen LogP contribution in [0.1, 0.15) is 41.6 Å². The van der Waals surface area contributed by atoms with Crippen LogP contribution in [0.3, 0.4) is 0 Å². The Bertz CT molecular complexity index is 540. The molecule has 0 aromatic heterocycles. The third-order valence-corrected chi connectivity index (χ3v) is 3.98. The van der Waals surface area contributed by atoms with Crippen molar-refractivity contribution in [2.75, 3.05) is 12.3 Å². The molecule has 3 nitrogen and oxygen atoms in total. The predicted molar refractivity (Wildman–Crippen MR) is 75.5 cm³/mol. The maximum absolute atomic E-state index is 12.8. The molecule has 0 amide bonds. The first-order chi connectivity index (χ1) is 9.79. The van der Waals surface area contributed by atoms with Crippen molar-refractivity contribution >= 4 is 23.1 Å². The summed E-state index contributed by atoms with van der Waals surface area (Å²) in [7, 11) is 0. The number of carbonyl (C=O) groups excluding carboxylic acids is 1. The number of alkyl halides is 3. The zero-order valence-corrected chi connectivity index (χ0v) is 12.0. The van der Waals surface area contributed by atoms with Crippen LogP contribution in [0.5, 0.6) is 0 Å². The second-order valence-corrected chi connectivity index (χ2v) is 5.61. The zero-order chi connectivity index (χ0) is 15.6. The molecule has 0 heterocycles. The highest BCUT2D eigenvalue weighted by Crippen LogP contribution is 2.37. The lowest BCUT2D eigenvalue weighted by Crippen LogP contribution is -2.31. The van der Waals surface area contributed by atoms with E-state index in [1.165, 1.54) is 6.07 Å². The molecule has 0 radical (unpaired) electrons. The molecule has 1 fully saturated rings. The molecule has 1 aliphatic carbocycles. The van der Waals surface area contributed by atoms with Crippen LogP contribution in [-0.2, 0) is 6.18 Å². The molecule has 0 saturated heterocycles. The number of hydrogen-bond donors (Lipinski definition) is 2. The fourth-order valence-electron chi connectivity index (χ4n) is 2.48. The lowest BCUT2D eigenvalue weighted by molar-refractivity contribution is -0.136. The molecule has 7 heteroatoms. The number of hydrogen-bond acceptors (Lipinski definition) is 3. The van der Waals surface area contributed by atoms with Gasteiger partial charge in [0.25, 0.3) is 0 Å². The van der Waals surface area contributed by atoms with E-state index in [0.717, 1.165) is 31.7 Å². The number of benzene rings is 1. The van der Waals surface area contributed by atoms with Crippen molar-refractivity contribution in [3.8, 4) is 0 Å². The number of Topliss-reactive ketones (excluding diaryl/α,β-unsaturated/α-hetero) is 1. The van der Waals surface area contributed by atoms with Gasteiger partial charge in [0.2, 0.25) is 0 Å². The average Bonchev–Trinajstić information content (AvgIpc) is 2.90. The maximum Gasteiger partial charge on any atom is 0.418 e. The summed E-state index contributed by atoms with van der Waals surface area (Å²) in [6.45, 7) is 0.00219. The van der Waals surface area contributed by atoms with Crippen LogP contribution in [0.15, 0.2) is 12.1 Å². The first kappa shape index (κ1) is 16.1. The molecule has 1 aromatic carbocycles. The second kappa shape index (κ2) is 6.23. The summed E-state index contributed by atoms with van der Waals surface area (Å²) in [6.07, 6.45) is -0.439. The minimum absolute atomic E-state index is 0.00219. The van der Waals surface area contributed by atoms with E-state index in [1.807, 2.05) is 0 Å². The van der Waals surface area contributed by atoms with Gasteiger partial charge in [0, 0.05) is 11.6 Å². The number of halogens is 4. The van der Waals surface area contributed by atoms with E-state index >= 15 is 0 Å². The molecule has 0 bridgehead atoms. The molecule has 0 unspecified atom stereocenters. The number of nitrogen functional groups attached to an aromatic ring is 1. The van der Waals surface area contributed by atoms with Gasteiger partial charge in [-0.1, -0.05) is 24.4 Å². The molecular formula is C14H16ClF3N2O. The van der Waals surface area contributed by atoms with E-state index < -0.39 is 23.2 Å². The van der Waals surface area contributed by atoms with Crippen LogP contribution in [0.2, 0.25) is 5.02 Å². The van der Waals surface area contributed by atoms with Gasteiger partial charge in [0.15, 0.2) is 5.78 Å². The van der Waals surface area contributed by atoms with Gasteiger partial charge >= 0.3 is 6.18 Å². The van der Waals surface area contributed by atoms with Gasteiger partial charge in [-0.3, -0.25) is 4.79 Å². The molecule has 1 aromatic rings. The topological polar surface area (TPSA) is 55.1 Å². The van der Waals surface area contributed by atoms with E-state index in [2.05, 4.69) is 5.32 Å². The molecule has 21 heavy (non-hydrogen) atoms. The Morgan fingerprint density at radius 1 is 1.33 bits per heavy atom. The predicted octanol–water partition coefficient (Wildman–Crippen LogP) is 3.66. The van der Waals surface area contributed by atoms with E-state index in [4.69, 9.17) is 17.3 Å². The molecule has 1 saturated carbocycles. The highest BCUT2D eigenvalue weighted by Gasteiger charge is 2.34. The Morgan fingerprint density at radius 2 is 1.95 bits per heavy atom. The Morgan fingerprint density at radius 3 is 2.52 bits per heavy atom. The monoisotopic (exact) mass is 320 g/mol. The first-order valence-corrected chi connectivity index (χ1v) is 7.09. The largest absolute Gasteiger partial charge is 0.418 e. The normalized spacial score (nSPS) is 16.4. The van der Waals surface area contributed by atoms with Gasteiger partial charge < -0.3 is 11.1 Å². The third-order valence-electron chi connectivity index (χ3n) is 3.66. The Hall–Kier alpha value is -1.27. The van der Waals surface area contributed by atoms with Crippen molar-refractivity contribution in [3.05, 3.63) is 28.3 Å². The minimum Gasteiger partial charge on any atom is -0.397 e. The average molecular weight is 321 g/mol. The van der Waals surface area contributed by atoms with E-state index in [-0.39, 0.29) is 23.2 Å². The van der Waals surface area contributed by atoms with E-state index in [0.29, 0.717) is 0 Å². The summed E-state index contributed by atoms with van der Waals surface area (Å²) in [5.41, 5.74) is 3.63. The van der Waals surface area contributed by atoms with Crippen molar-refractivity contribution in [2.24, 2.45) is 0 Å². The summed E-state index contributed by atoms with van der Waals surface area (Å²) in [6, 6.07) is 2.21. The minimum atomic E-state index is -4.64. The third kappa shape index (κ3) is 3.89. The summed E-state index contributed by atoms with van der Waals surface area (Å²) in [4.78, 5) is 12.0. The van der Waals surface area contributed by atoms with Crippen LogP contribution in [0, 0.1) is 0 Å². The van der Waals surface area contributed by atoms with Crippen molar-refractivity contribution in [1.82, 2.24) is 5.32 Å². The highest BCUT2D eigenvalue weighted by atomic mass is 35.5. The number of nitrogens with one attached hydrogen (secondary N) is 1. The van der Waals surface area contributed by atoms with Gasteiger partial charge in [0.05, 0.1) is 22.8 Å². The smallest absolute Gasteiger partial charge is 0.397 e. The number of rotatable bonds is 4. The lowest BCUT2D eigenvalue weighted by atomic mass is 10.0. The van der Waals surface area contributed by atoms with Crippen LogP contribution in [0.4, 0.5) is 18.9 Å². The van der Waals surface area contributed by atoms with E-state index in [1.54, 1.807) is 0 Å². The van der Waals surface area contributed by atoms with Gasteiger partial charge in [-0.15, -0.1) is 0 Å². The second-order valence-electron chi connectivity index (χ2n) is 5.20. The molecule has 3 N–H and O–H groups in total. The molecule has 116 valence electrons. The molecule has 1 aliphatic rings. The summed E-state index contributed by atoms with van der Waals surface area (Å²) < 4.78 is 38.5. The fourth-order valence-corrected chi connectivity index (χ4v) is 2.70. The van der Waals surface area contributed by atoms with Crippen molar-refractivity contribution in [3.63, 3.8) is 0 Å². The number of carbonyl (C=O) groups is 1. The molecule has 0 atom stereocenters. The van der Waals surface area contributed by atoms with Gasteiger partial charge in [-0.2, -0.15) is 13.2 Å². The van der Waals surface area contributed by atoms with Crippen LogP contribution in [-0.4, -0.2) is 18.4 Å². The van der Waals surface area contributed by atoms with Crippen LogP contribution in [0.25, 0.3) is 0 Å². The zero-order valence-electron chi connectivity index (χ0n) is 11.3. The van der Waals surface area contributed by atoms with Gasteiger partial charge in [-0.05, 0) is 25.0 Å². The number of nitrogens with two attached hydrogens (primary N) is 1. The maximum atomic E-state index is 12.8. The molecular weight excluding hydrogens is 305 g/mol.